The van der Waals surface area contributed by atoms with E-state index in [2.05, 4.69) is 6.58 Å². The molecule has 172 valence electrons. The van der Waals surface area contributed by atoms with Crippen LogP contribution in [0.15, 0.2) is 96.0 Å². The predicted molar refractivity (Wildman–Crippen MR) is 138 cm³/mol. The molecule has 1 N–H and O–H groups in total. The van der Waals surface area contributed by atoms with Crippen LogP contribution in [0, 0.1) is 12.8 Å². The molecular formula is C29H29BO4. The summed E-state index contributed by atoms with van der Waals surface area (Å²) in [6.07, 6.45) is 8.37. The number of carboxylic acid groups (broad SMARTS) is 1. The maximum Gasteiger partial charge on any atom is 0.336 e. The average Bonchev–Trinajstić information content (AvgIpc) is 2.78. The molecule has 0 aliphatic carbocycles. The number of ketones is 2. The predicted octanol–water partition coefficient (Wildman–Crippen LogP) is 6.29. The summed E-state index contributed by atoms with van der Waals surface area (Å²) in [7, 11) is 5.53. The van der Waals surface area contributed by atoms with Crippen LogP contribution >= 0.6 is 0 Å². The van der Waals surface area contributed by atoms with Gasteiger partial charge in [0.05, 0.1) is 11.1 Å². The number of aromatic carboxylic acids is 1. The van der Waals surface area contributed by atoms with E-state index in [-0.39, 0.29) is 22.6 Å². The van der Waals surface area contributed by atoms with E-state index in [0.717, 1.165) is 17.6 Å². The second kappa shape index (κ2) is 12.5. The molecule has 1 atom stereocenters. The molecule has 0 aliphatic heterocycles. The number of carbonyl (C=O) groups excluding carboxylic acids is 2. The summed E-state index contributed by atoms with van der Waals surface area (Å²) in [5, 5.41) is 9.54. The number of carboxylic acids is 1. The van der Waals surface area contributed by atoms with Gasteiger partial charge >= 0.3 is 5.97 Å². The molecule has 0 spiro atoms. The second-order valence-corrected chi connectivity index (χ2v) is 8.43. The molecule has 0 bridgehead atoms. The van der Waals surface area contributed by atoms with Gasteiger partial charge in [-0.25, -0.2) is 4.79 Å². The summed E-state index contributed by atoms with van der Waals surface area (Å²) in [6, 6.07) is 13.0. The van der Waals surface area contributed by atoms with Crippen molar-refractivity contribution in [3.63, 3.8) is 0 Å². The summed E-state index contributed by atoms with van der Waals surface area (Å²) >= 11 is 0. The highest BCUT2D eigenvalue weighted by molar-refractivity contribution is 6.32. The highest BCUT2D eigenvalue weighted by atomic mass is 16.4. The lowest BCUT2D eigenvalue weighted by molar-refractivity contribution is 0.0691. The first-order chi connectivity index (χ1) is 16.1. The zero-order chi connectivity index (χ0) is 25.3. The van der Waals surface area contributed by atoms with E-state index in [1.54, 1.807) is 49.4 Å². The van der Waals surface area contributed by atoms with Gasteiger partial charge in [0.15, 0.2) is 11.6 Å². The highest BCUT2D eigenvalue weighted by Crippen LogP contribution is 2.23. The summed E-state index contributed by atoms with van der Waals surface area (Å²) in [4.78, 5) is 38.5. The van der Waals surface area contributed by atoms with Gasteiger partial charge in [-0.05, 0) is 44.2 Å². The van der Waals surface area contributed by atoms with E-state index >= 15 is 0 Å². The van der Waals surface area contributed by atoms with E-state index in [9.17, 15) is 19.5 Å². The SMILES string of the molecule is [B]C(=C)/C=C\C=C(/C)CC(C)C/C=C(\C(=O)c1ccccc1C)C(=O)c1ccccc1C(=O)O. The minimum Gasteiger partial charge on any atom is -0.478 e. The third-order valence-corrected chi connectivity index (χ3v) is 5.37. The minimum absolute atomic E-state index is 0.000866. The molecule has 0 fully saturated rings. The van der Waals surface area contributed by atoms with Crippen LogP contribution in [0.3, 0.4) is 0 Å². The van der Waals surface area contributed by atoms with Crippen LogP contribution in [0.4, 0.5) is 0 Å². The van der Waals surface area contributed by atoms with E-state index < -0.39 is 17.5 Å². The van der Waals surface area contributed by atoms with Crippen molar-refractivity contribution in [1.82, 2.24) is 0 Å². The molecule has 34 heavy (non-hydrogen) atoms. The lowest BCUT2D eigenvalue weighted by Gasteiger charge is -2.13. The Morgan fingerprint density at radius 2 is 1.56 bits per heavy atom. The Morgan fingerprint density at radius 1 is 1.00 bits per heavy atom. The normalized spacial score (nSPS) is 13.0. The summed E-state index contributed by atoms with van der Waals surface area (Å²) in [5.41, 5.74) is 2.61. The fourth-order valence-corrected chi connectivity index (χ4v) is 3.63. The number of benzene rings is 2. The van der Waals surface area contributed by atoms with Crippen molar-refractivity contribution in [2.45, 2.75) is 33.6 Å². The monoisotopic (exact) mass is 452 g/mol. The quantitative estimate of drug-likeness (QED) is 0.109. The van der Waals surface area contributed by atoms with Crippen molar-refractivity contribution in [3.05, 3.63) is 118 Å². The van der Waals surface area contributed by atoms with Crippen molar-refractivity contribution >= 4 is 25.4 Å². The Hall–Kier alpha value is -3.73. The van der Waals surface area contributed by atoms with Crippen molar-refractivity contribution in [2.75, 3.05) is 0 Å². The Balaban J connectivity index is 2.40. The average molecular weight is 452 g/mol. The van der Waals surface area contributed by atoms with Gasteiger partial charge in [-0.3, -0.25) is 9.59 Å². The Bertz CT molecular complexity index is 1180. The summed E-state index contributed by atoms with van der Waals surface area (Å²) in [6.45, 7) is 9.46. The zero-order valence-corrected chi connectivity index (χ0v) is 19.9. The molecule has 0 aliphatic rings. The van der Waals surface area contributed by atoms with Gasteiger partial charge < -0.3 is 5.11 Å². The lowest BCUT2D eigenvalue weighted by atomic mass is 9.89. The Morgan fingerprint density at radius 3 is 2.15 bits per heavy atom. The number of hydrogen-bond donors (Lipinski definition) is 1. The van der Waals surface area contributed by atoms with Crippen LogP contribution in [-0.4, -0.2) is 30.5 Å². The minimum atomic E-state index is -1.21. The molecule has 2 aromatic rings. The smallest absolute Gasteiger partial charge is 0.336 e. The molecule has 0 amide bonds. The topological polar surface area (TPSA) is 71.4 Å². The van der Waals surface area contributed by atoms with E-state index in [1.807, 2.05) is 32.1 Å². The Kier molecular flexibility index (Phi) is 9.75. The number of carbonyl (C=O) groups is 3. The number of rotatable bonds is 11. The van der Waals surface area contributed by atoms with Crippen LogP contribution in [0.5, 0.6) is 0 Å². The first-order valence-corrected chi connectivity index (χ1v) is 11.1. The van der Waals surface area contributed by atoms with Gasteiger partial charge in [0.1, 0.15) is 7.85 Å². The Labute approximate surface area is 202 Å². The molecule has 0 saturated heterocycles. The third kappa shape index (κ3) is 7.41. The van der Waals surface area contributed by atoms with Crippen molar-refractivity contribution in [2.24, 2.45) is 5.92 Å². The number of Topliss-reactive ketones (excluding diaryl/α,β-unsaturated/α-hetero) is 2. The van der Waals surface area contributed by atoms with E-state index in [1.165, 1.54) is 12.1 Å². The number of hydrogen-bond acceptors (Lipinski definition) is 3. The van der Waals surface area contributed by atoms with Crippen molar-refractivity contribution in [1.29, 1.82) is 0 Å². The molecule has 2 rings (SSSR count). The molecule has 0 aromatic heterocycles. The van der Waals surface area contributed by atoms with E-state index in [4.69, 9.17) is 7.85 Å². The maximum absolute atomic E-state index is 13.4. The molecule has 5 heteroatoms. The van der Waals surface area contributed by atoms with Gasteiger partial charge in [0, 0.05) is 11.1 Å². The molecule has 2 radical (unpaired) electrons. The van der Waals surface area contributed by atoms with Gasteiger partial charge in [0.2, 0.25) is 0 Å². The maximum atomic E-state index is 13.4. The fraction of sp³-hybridized carbons (Fsp3) is 0.207. The molecule has 1 unspecified atom stereocenters. The first-order valence-electron chi connectivity index (χ1n) is 11.1. The molecule has 0 saturated carbocycles. The highest BCUT2D eigenvalue weighted by Gasteiger charge is 2.25. The number of aryl methyl sites for hydroxylation is 1. The van der Waals surface area contributed by atoms with Crippen LogP contribution in [0.2, 0.25) is 0 Å². The molecule has 4 nitrogen and oxygen atoms in total. The summed E-state index contributed by atoms with van der Waals surface area (Å²) in [5.74, 6) is -2.07. The van der Waals surface area contributed by atoms with Crippen LogP contribution in [0.1, 0.15) is 63.3 Å². The number of allylic oxidation sites excluding steroid dienone is 7. The fourth-order valence-electron chi connectivity index (χ4n) is 3.63. The largest absolute Gasteiger partial charge is 0.478 e. The lowest BCUT2D eigenvalue weighted by Crippen LogP contribution is -2.18. The first kappa shape index (κ1) is 26.5. The van der Waals surface area contributed by atoms with Crippen molar-refractivity contribution < 1.29 is 19.5 Å². The molecule has 2 aromatic carbocycles. The third-order valence-electron chi connectivity index (χ3n) is 5.37. The standard InChI is InChI=1S/C29H29BO4/c1-19(10-9-12-22(4)30)18-20(2)16-17-26(27(31)23-13-6-5-11-21(23)3)28(32)24-14-7-8-15-25(24)29(33)34/h5-15,17,20H,4,16,18H2,1-3H3,(H,33,34)/b12-9-,19-10+,26-17+. The van der Waals surface area contributed by atoms with E-state index in [0.29, 0.717) is 17.5 Å². The van der Waals surface area contributed by atoms with Crippen LogP contribution < -0.4 is 0 Å². The van der Waals surface area contributed by atoms with Gasteiger partial charge in [-0.2, -0.15) is 0 Å². The van der Waals surface area contributed by atoms with Gasteiger partial charge in [-0.15, -0.1) is 12.1 Å². The molecule has 0 heterocycles. The zero-order valence-electron chi connectivity index (χ0n) is 19.9. The van der Waals surface area contributed by atoms with Gasteiger partial charge in [-0.1, -0.05) is 79.3 Å². The second-order valence-electron chi connectivity index (χ2n) is 8.43. The van der Waals surface area contributed by atoms with Crippen molar-refractivity contribution in [3.8, 4) is 0 Å². The van der Waals surface area contributed by atoms with Gasteiger partial charge in [0.25, 0.3) is 0 Å². The van der Waals surface area contributed by atoms with Crippen LogP contribution in [0.25, 0.3) is 0 Å². The molecular weight excluding hydrogens is 423 g/mol. The van der Waals surface area contributed by atoms with Crippen LogP contribution in [-0.2, 0) is 0 Å². The summed E-state index contributed by atoms with van der Waals surface area (Å²) < 4.78 is 0.